The molecule has 2 rings (SSSR count). The summed E-state index contributed by atoms with van der Waals surface area (Å²) in [5.41, 5.74) is 5.50. The Morgan fingerprint density at radius 2 is 2.00 bits per heavy atom. The Kier molecular flexibility index (Phi) is 5.15. The minimum absolute atomic E-state index is 0.0181. The molecule has 1 aromatic carbocycles. The molecule has 2 amide bonds. The number of nitrogens with zero attached hydrogens (tertiary/aromatic N) is 1. The van der Waals surface area contributed by atoms with Crippen LogP contribution in [0.3, 0.4) is 0 Å². The molecule has 22 heavy (non-hydrogen) atoms. The molecule has 114 valence electrons. The number of hydrogen-bond donors (Lipinski definition) is 3. The topological polar surface area (TPSA) is 122 Å². The van der Waals surface area contributed by atoms with Crippen molar-refractivity contribution in [2.45, 2.75) is 5.22 Å². The van der Waals surface area contributed by atoms with E-state index in [4.69, 9.17) is 9.52 Å². The maximum Gasteiger partial charge on any atom is 0.328 e. The number of nitrogens with one attached hydrogen (secondary N) is 2. The van der Waals surface area contributed by atoms with Crippen LogP contribution < -0.4 is 10.9 Å². The molecule has 0 bridgehead atoms. The van der Waals surface area contributed by atoms with E-state index in [0.29, 0.717) is 22.4 Å². The molecule has 2 aromatic rings. The molecule has 0 atom stereocenters. The third-order valence-electron chi connectivity index (χ3n) is 2.30. The van der Waals surface area contributed by atoms with E-state index in [1.54, 1.807) is 12.1 Å². The zero-order valence-electron chi connectivity index (χ0n) is 11.1. The Balaban J connectivity index is 1.78. The Labute approximate surface area is 128 Å². The maximum absolute atomic E-state index is 11.5. The van der Waals surface area contributed by atoms with Gasteiger partial charge in [-0.1, -0.05) is 23.9 Å². The number of aromatic nitrogens is 1. The van der Waals surface area contributed by atoms with E-state index in [1.165, 1.54) is 0 Å². The number of aliphatic carboxylic acids is 1. The fourth-order valence-corrected chi connectivity index (χ4v) is 2.03. The van der Waals surface area contributed by atoms with Gasteiger partial charge >= 0.3 is 5.97 Å². The highest BCUT2D eigenvalue weighted by Crippen LogP contribution is 2.22. The number of carboxylic acids is 1. The molecule has 1 heterocycles. The molecule has 0 saturated carbocycles. The quantitative estimate of drug-likeness (QED) is 0.421. The molecule has 0 spiro atoms. The Morgan fingerprint density at radius 3 is 2.73 bits per heavy atom. The molecule has 0 fully saturated rings. The van der Waals surface area contributed by atoms with Gasteiger partial charge in [-0.15, -0.1) is 0 Å². The first-order chi connectivity index (χ1) is 10.5. The number of carbonyl (C=O) groups excluding carboxylic acids is 2. The fraction of sp³-hybridized carbons (Fsp3) is 0.0769. The SMILES string of the molecule is O=C(O)/C=C\C(=O)NNC(=O)CSc1nc2ccccc2o1. The normalized spacial score (nSPS) is 10.7. The summed E-state index contributed by atoms with van der Waals surface area (Å²) in [4.78, 5) is 37.0. The van der Waals surface area contributed by atoms with E-state index < -0.39 is 17.8 Å². The number of rotatable bonds is 5. The molecule has 3 N–H and O–H groups in total. The van der Waals surface area contributed by atoms with Crippen LogP contribution in [0.25, 0.3) is 11.1 Å². The van der Waals surface area contributed by atoms with E-state index in [-0.39, 0.29) is 5.75 Å². The standard InChI is InChI=1S/C13H11N3O5S/c17-10(5-6-12(19)20)15-16-11(18)7-22-13-14-8-3-1-2-4-9(8)21-13/h1-6H,7H2,(H,15,17)(H,16,18)(H,19,20)/b6-5-. The lowest BCUT2D eigenvalue weighted by atomic mass is 10.3. The largest absolute Gasteiger partial charge is 0.478 e. The van der Waals surface area contributed by atoms with Gasteiger partial charge in [0.15, 0.2) is 5.58 Å². The molecule has 0 saturated heterocycles. The van der Waals surface area contributed by atoms with Crippen LogP contribution in [0.4, 0.5) is 0 Å². The van der Waals surface area contributed by atoms with Crippen LogP contribution in [0.5, 0.6) is 0 Å². The van der Waals surface area contributed by atoms with Crippen LogP contribution in [0.1, 0.15) is 0 Å². The van der Waals surface area contributed by atoms with Crippen LogP contribution in [-0.2, 0) is 14.4 Å². The summed E-state index contributed by atoms with van der Waals surface area (Å²) in [6.45, 7) is 0. The number of carbonyl (C=O) groups is 3. The number of benzene rings is 1. The number of para-hydroxylation sites is 2. The Bertz CT molecular complexity index is 707. The van der Waals surface area contributed by atoms with Crippen molar-refractivity contribution in [2.24, 2.45) is 0 Å². The average molecular weight is 321 g/mol. The van der Waals surface area contributed by atoms with Gasteiger partial charge in [-0.25, -0.2) is 9.78 Å². The summed E-state index contributed by atoms with van der Waals surface area (Å²) in [6, 6.07) is 7.19. The molecule has 0 radical (unpaired) electrons. The fourth-order valence-electron chi connectivity index (χ4n) is 1.40. The number of fused-ring (bicyclic) bond motifs is 1. The highest BCUT2D eigenvalue weighted by atomic mass is 32.2. The summed E-state index contributed by atoms with van der Waals surface area (Å²) in [7, 11) is 0. The van der Waals surface area contributed by atoms with E-state index in [2.05, 4.69) is 10.4 Å². The predicted molar refractivity (Wildman–Crippen MR) is 77.8 cm³/mol. The Morgan fingerprint density at radius 1 is 1.23 bits per heavy atom. The van der Waals surface area contributed by atoms with Crippen molar-refractivity contribution in [1.82, 2.24) is 15.8 Å². The summed E-state index contributed by atoms with van der Waals surface area (Å²) >= 11 is 1.07. The van der Waals surface area contributed by atoms with Gasteiger partial charge < -0.3 is 9.52 Å². The average Bonchev–Trinajstić information content (AvgIpc) is 2.91. The molecule has 0 aliphatic heterocycles. The molecule has 8 nitrogen and oxygen atoms in total. The number of thioether (sulfide) groups is 1. The van der Waals surface area contributed by atoms with Crippen LogP contribution >= 0.6 is 11.8 Å². The number of carboxylic acid groups (broad SMARTS) is 1. The first-order valence-corrected chi connectivity index (χ1v) is 7.01. The summed E-state index contributed by atoms with van der Waals surface area (Å²) in [5, 5.41) is 8.68. The van der Waals surface area contributed by atoms with Gasteiger partial charge in [0.25, 0.3) is 11.1 Å². The van der Waals surface area contributed by atoms with Crippen LogP contribution in [0.15, 0.2) is 46.1 Å². The second-order valence-corrected chi connectivity index (χ2v) is 4.87. The molecule has 0 unspecified atom stereocenters. The van der Waals surface area contributed by atoms with Crippen molar-refractivity contribution in [3.8, 4) is 0 Å². The smallest absolute Gasteiger partial charge is 0.328 e. The summed E-state index contributed by atoms with van der Waals surface area (Å²) in [5.74, 6) is -2.50. The highest BCUT2D eigenvalue weighted by molar-refractivity contribution is 7.99. The third-order valence-corrected chi connectivity index (χ3v) is 3.13. The van der Waals surface area contributed by atoms with E-state index in [0.717, 1.165) is 17.8 Å². The summed E-state index contributed by atoms with van der Waals surface area (Å²) < 4.78 is 5.42. The van der Waals surface area contributed by atoms with Gasteiger partial charge in [0.2, 0.25) is 5.91 Å². The molecular formula is C13H11N3O5S. The molecular weight excluding hydrogens is 310 g/mol. The van der Waals surface area contributed by atoms with E-state index >= 15 is 0 Å². The minimum Gasteiger partial charge on any atom is -0.478 e. The van der Waals surface area contributed by atoms with Crippen molar-refractivity contribution >= 4 is 40.6 Å². The van der Waals surface area contributed by atoms with Crippen molar-refractivity contribution in [2.75, 3.05) is 5.75 Å². The number of hydrogen-bond acceptors (Lipinski definition) is 6. The maximum atomic E-state index is 11.5. The number of oxazole rings is 1. The minimum atomic E-state index is -1.26. The second kappa shape index (κ2) is 7.27. The predicted octanol–water partition coefficient (Wildman–Crippen LogP) is 0.708. The Hall–Kier alpha value is -2.81. The molecule has 1 aromatic heterocycles. The first-order valence-electron chi connectivity index (χ1n) is 6.03. The zero-order valence-corrected chi connectivity index (χ0v) is 11.9. The lowest BCUT2D eigenvalue weighted by Gasteiger charge is -2.03. The second-order valence-electron chi connectivity index (χ2n) is 3.95. The number of amides is 2. The van der Waals surface area contributed by atoms with Gasteiger partial charge in [-0.2, -0.15) is 0 Å². The van der Waals surface area contributed by atoms with Gasteiger partial charge in [0, 0.05) is 12.2 Å². The van der Waals surface area contributed by atoms with Gasteiger partial charge in [0.05, 0.1) is 5.75 Å². The monoisotopic (exact) mass is 321 g/mol. The molecule has 0 aliphatic carbocycles. The van der Waals surface area contributed by atoms with E-state index in [1.807, 2.05) is 17.6 Å². The highest BCUT2D eigenvalue weighted by Gasteiger charge is 2.09. The zero-order chi connectivity index (χ0) is 15.9. The van der Waals surface area contributed by atoms with Crippen LogP contribution in [0, 0.1) is 0 Å². The summed E-state index contributed by atoms with van der Waals surface area (Å²) in [6.07, 6.45) is 1.45. The van der Waals surface area contributed by atoms with Crippen molar-refractivity contribution < 1.29 is 23.9 Å². The lowest BCUT2D eigenvalue weighted by molar-refractivity contribution is -0.131. The third kappa shape index (κ3) is 4.63. The van der Waals surface area contributed by atoms with Crippen molar-refractivity contribution in [3.63, 3.8) is 0 Å². The van der Waals surface area contributed by atoms with Crippen molar-refractivity contribution in [3.05, 3.63) is 36.4 Å². The van der Waals surface area contributed by atoms with Gasteiger partial charge in [-0.3, -0.25) is 20.4 Å². The van der Waals surface area contributed by atoms with Gasteiger partial charge in [0.1, 0.15) is 5.52 Å². The number of hydrazine groups is 1. The molecule has 0 aliphatic rings. The van der Waals surface area contributed by atoms with Gasteiger partial charge in [-0.05, 0) is 12.1 Å². The van der Waals surface area contributed by atoms with Crippen LogP contribution in [-0.4, -0.2) is 33.6 Å². The van der Waals surface area contributed by atoms with Crippen molar-refractivity contribution in [1.29, 1.82) is 0 Å². The molecule has 9 heteroatoms. The van der Waals surface area contributed by atoms with E-state index in [9.17, 15) is 14.4 Å². The first kappa shape index (κ1) is 15.6. The lowest BCUT2D eigenvalue weighted by Crippen LogP contribution is -2.41. The van der Waals surface area contributed by atoms with Crippen LogP contribution in [0.2, 0.25) is 0 Å².